The van der Waals surface area contributed by atoms with Gasteiger partial charge in [0, 0.05) is 32.7 Å². The highest BCUT2D eigenvalue weighted by Gasteiger charge is 2.42. The van der Waals surface area contributed by atoms with Crippen molar-refractivity contribution >= 4 is 11.8 Å². The first kappa shape index (κ1) is 12.0. The molecule has 5 heteroatoms. The molecule has 0 radical (unpaired) electrons. The molecule has 3 saturated heterocycles. The highest BCUT2D eigenvalue weighted by molar-refractivity contribution is 5.80. The van der Waals surface area contributed by atoms with Crippen LogP contribution in [0.1, 0.15) is 25.7 Å². The van der Waals surface area contributed by atoms with E-state index in [9.17, 15) is 9.59 Å². The molecular formula is C13H20N2O3. The fraction of sp³-hybridized carbons (Fsp3) is 0.846. The molecule has 1 atom stereocenters. The molecule has 2 amide bonds. The Morgan fingerprint density at radius 2 is 2.17 bits per heavy atom. The maximum atomic E-state index is 12.2. The van der Waals surface area contributed by atoms with Gasteiger partial charge in [0.05, 0.1) is 12.5 Å². The molecule has 1 spiro atoms. The summed E-state index contributed by atoms with van der Waals surface area (Å²) >= 11 is 0. The van der Waals surface area contributed by atoms with Crippen molar-refractivity contribution in [1.29, 1.82) is 0 Å². The minimum absolute atomic E-state index is 0.0717. The third kappa shape index (κ3) is 2.11. The van der Waals surface area contributed by atoms with Crippen LogP contribution < -0.4 is 5.32 Å². The van der Waals surface area contributed by atoms with Gasteiger partial charge in [-0.2, -0.15) is 0 Å². The normalized spacial score (nSPS) is 30.8. The summed E-state index contributed by atoms with van der Waals surface area (Å²) in [5, 5.41) is 2.92. The summed E-state index contributed by atoms with van der Waals surface area (Å²) in [6.07, 6.45) is 3.40. The van der Waals surface area contributed by atoms with Crippen LogP contribution in [0.4, 0.5) is 0 Å². The van der Waals surface area contributed by atoms with E-state index >= 15 is 0 Å². The van der Waals surface area contributed by atoms with E-state index in [0.29, 0.717) is 19.6 Å². The highest BCUT2D eigenvalue weighted by Crippen LogP contribution is 2.37. The Bertz CT molecular complexity index is 355. The zero-order chi connectivity index (χ0) is 12.6. The van der Waals surface area contributed by atoms with E-state index in [1.807, 2.05) is 4.90 Å². The first-order valence-corrected chi connectivity index (χ1v) is 6.82. The Labute approximate surface area is 107 Å². The number of amides is 2. The van der Waals surface area contributed by atoms with Crippen LogP contribution >= 0.6 is 0 Å². The van der Waals surface area contributed by atoms with Gasteiger partial charge >= 0.3 is 0 Å². The fourth-order valence-corrected chi connectivity index (χ4v) is 3.29. The second-order valence-electron chi connectivity index (χ2n) is 5.84. The summed E-state index contributed by atoms with van der Waals surface area (Å²) < 4.78 is 5.27. The number of ether oxygens (including phenoxy) is 1. The summed E-state index contributed by atoms with van der Waals surface area (Å²) in [7, 11) is 0. The maximum Gasteiger partial charge on any atom is 0.228 e. The number of carbonyl (C=O) groups is 2. The monoisotopic (exact) mass is 252 g/mol. The number of nitrogens with one attached hydrogen (secondary N) is 1. The minimum atomic E-state index is 0.0717. The first-order valence-electron chi connectivity index (χ1n) is 6.82. The second-order valence-corrected chi connectivity index (χ2v) is 5.84. The molecular weight excluding hydrogens is 232 g/mol. The van der Waals surface area contributed by atoms with Gasteiger partial charge in [-0.3, -0.25) is 9.59 Å². The average Bonchev–Trinajstić information content (AvgIpc) is 3.00. The van der Waals surface area contributed by atoms with Crippen LogP contribution in [0, 0.1) is 11.3 Å². The van der Waals surface area contributed by atoms with Crippen molar-refractivity contribution in [3.05, 3.63) is 0 Å². The van der Waals surface area contributed by atoms with Crippen molar-refractivity contribution in [2.24, 2.45) is 11.3 Å². The Morgan fingerprint density at radius 1 is 1.39 bits per heavy atom. The van der Waals surface area contributed by atoms with E-state index < -0.39 is 0 Å². The number of carbonyl (C=O) groups excluding carboxylic acids is 2. The van der Waals surface area contributed by atoms with Crippen molar-refractivity contribution < 1.29 is 14.3 Å². The lowest BCUT2D eigenvalue weighted by atomic mass is 9.77. The summed E-state index contributed by atoms with van der Waals surface area (Å²) in [5.74, 6) is 0.487. The quantitative estimate of drug-likeness (QED) is 0.723. The molecule has 0 aliphatic carbocycles. The third-order valence-electron chi connectivity index (χ3n) is 4.61. The average molecular weight is 252 g/mol. The lowest BCUT2D eigenvalue weighted by Gasteiger charge is -2.39. The summed E-state index contributed by atoms with van der Waals surface area (Å²) in [6, 6.07) is 0. The van der Waals surface area contributed by atoms with Gasteiger partial charge in [-0.25, -0.2) is 0 Å². The van der Waals surface area contributed by atoms with E-state index in [-0.39, 0.29) is 23.1 Å². The van der Waals surface area contributed by atoms with E-state index in [0.717, 1.165) is 38.9 Å². The summed E-state index contributed by atoms with van der Waals surface area (Å²) in [5.41, 5.74) is 0.125. The topological polar surface area (TPSA) is 58.6 Å². The molecule has 1 N–H and O–H groups in total. The molecule has 0 aromatic carbocycles. The van der Waals surface area contributed by atoms with Crippen LogP contribution in [-0.4, -0.2) is 49.6 Å². The predicted molar refractivity (Wildman–Crippen MR) is 64.8 cm³/mol. The molecule has 3 rings (SSSR count). The lowest BCUT2D eigenvalue weighted by Crippen LogP contribution is -2.46. The number of rotatable bonds is 1. The maximum absolute atomic E-state index is 12.2. The molecule has 5 nitrogen and oxygen atoms in total. The number of nitrogens with zero attached hydrogens (tertiary/aromatic N) is 1. The van der Waals surface area contributed by atoms with Crippen molar-refractivity contribution in [2.45, 2.75) is 25.7 Å². The predicted octanol–water partition coefficient (Wildman–Crippen LogP) is 0.152. The number of hydrogen-bond donors (Lipinski definition) is 1. The molecule has 0 saturated carbocycles. The van der Waals surface area contributed by atoms with E-state index in [1.165, 1.54) is 0 Å². The minimum Gasteiger partial charge on any atom is -0.381 e. The molecule has 3 heterocycles. The van der Waals surface area contributed by atoms with Crippen LogP contribution in [0.3, 0.4) is 0 Å². The highest BCUT2D eigenvalue weighted by atomic mass is 16.5. The smallest absolute Gasteiger partial charge is 0.228 e. The van der Waals surface area contributed by atoms with E-state index in [4.69, 9.17) is 4.74 Å². The van der Waals surface area contributed by atoms with Crippen LogP contribution in [0.15, 0.2) is 0 Å². The van der Waals surface area contributed by atoms with Gasteiger partial charge in [-0.1, -0.05) is 0 Å². The van der Waals surface area contributed by atoms with Gasteiger partial charge in [0.25, 0.3) is 0 Å². The molecule has 18 heavy (non-hydrogen) atoms. The molecule has 3 aliphatic rings. The van der Waals surface area contributed by atoms with Crippen LogP contribution in [0.2, 0.25) is 0 Å². The molecule has 0 bridgehead atoms. The number of hydrogen-bond acceptors (Lipinski definition) is 3. The first-order chi connectivity index (χ1) is 8.69. The molecule has 0 aromatic heterocycles. The number of piperidine rings is 1. The van der Waals surface area contributed by atoms with Crippen molar-refractivity contribution in [3.8, 4) is 0 Å². The van der Waals surface area contributed by atoms with Gasteiger partial charge in [-0.15, -0.1) is 0 Å². The SMILES string of the molecule is O=C1CC2(CCN(C(=O)C3CCOC3)CC2)CN1. The third-order valence-corrected chi connectivity index (χ3v) is 4.61. The van der Waals surface area contributed by atoms with Gasteiger partial charge in [0.15, 0.2) is 0 Å². The van der Waals surface area contributed by atoms with Crippen molar-refractivity contribution in [2.75, 3.05) is 32.8 Å². The second kappa shape index (κ2) is 4.53. The van der Waals surface area contributed by atoms with Crippen LogP contribution in [0.25, 0.3) is 0 Å². The van der Waals surface area contributed by atoms with Gasteiger partial charge in [0.1, 0.15) is 0 Å². The van der Waals surface area contributed by atoms with Gasteiger partial charge < -0.3 is 15.0 Å². The van der Waals surface area contributed by atoms with Gasteiger partial charge in [0.2, 0.25) is 11.8 Å². The molecule has 1 unspecified atom stereocenters. The Morgan fingerprint density at radius 3 is 2.72 bits per heavy atom. The fourth-order valence-electron chi connectivity index (χ4n) is 3.29. The zero-order valence-electron chi connectivity index (χ0n) is 10.6. The summed E-state index contributed by atoms with van der Waals surface area (Å²) in [6.45, 7) is 3.68. The van der Waals surface area contributed by atoms with E-state index in [1.54, 1.807) is 0 Å². The van der Waals surface area contributed by atoms with Gasteiger partial charge in [-0.05, 0) is 24.7 Å². The van der Waals surface area contributed by atoms with Crippen molar-refractivity contribution in [1.82, 2.24) is 10.2 Å². The molecule has 0 aromatic rings. The summed E-state index contributed by atoms with van der Waals surface area (Å²) in [4.78, 5) is 25.5. The van der Waals surface area contributed by atoms with Crippen LogP contribution in [-0.2, 0) is 14.3 Å². The largest absolute Gasteiger partial charge is 0.381 e. The molecule has 100 valence electrons. The zero-order valence-corrected chi connectivity index (χ0v) is 10.6. The standard InChI is InChI=1S/C13H20N2O3/c16-11-7-13(9-14-11)2-4-15(5-3-13)12(17)10-1-6-18-8-10/h10H,1-9H2,(H,14,16). The number of likely N-dealkylation sites (tertiary alicyclic amines) is 1. The van der Waals surface area contributed by atoms with Crippen LogP contribution in [0.5, 0.6) is 0 Å². The Kier molecular flexibility index (Phi) is 3.01. The molecule has 3 fully saturated rings. The van der Waals surface area contributed by atoms with Crippen molar-refractivity contribution in [3.63, 3.8) is 0 Å². The lowest BCUT2D eigenvalue weighted by molar-refractivity contribution is -0.137. The van der Waals surface area contributed by atoms with E-state index in [2.05, 4.69) is 5.32 Å². The Balaban J connectivity index is 1.56. The molecule has 3 aliphatic heterocycles. The Hall–Kier alpha value is -1.10.